The quantitative estimate of drug-likeness (QED) is 0.329. The molecule has 0 aromatic heterocycles. The third-order valence-corrected chi connectivity index (χ3v) is 2.38. The molecule has 0 amide bonds. The summed E-state index contributed by atoms with van der Waals surface area (Å²) in [4.78, 5) is 20.3. The van der Waals surface area contributed by atoms with Crippen molar-refractivity contribution in [1.29, 1.82) is 0 Å². The number of nitrogens with zero attached hydrogens (tertiary/aromatic N) is 1. The number of aliphatic carboxylic acids is 1. The minimum absolute atomic E-state index is 0.203. The van der Waals surface area contributed by atoms with Gasteiger partial charge < -0.3 is 14.9 Å². The predicted octanol–water partition coefficient (Wildman–Crippen LogP) is -0.0950. The van der Waals surface area contributed by atoms with E-state index < -0.39 is 5.97 Å². The Bertz CT molecular complexity index is 258. The van der Waals surface area contributed by atoms with Gasteiger partial charge in [0.2, 0.25) is 0 Å². The first-order valence-electron chi connectivity index (χ1n) is 5.42. The highest BCUT2D eigenvalue weighted by molar-refractivity contribution is 5.66. The monoisotopic (exact) mass is 229 g/mol. The van der Waals surface area contributed by atoms with E-state index in [9.17, 15) is 9.59 Å². The Kier molecular flexibility index (Phi) is 7.46. The summed E-state index contributed by atoms with van der Waals surface area (Å²) in [5.74, 6) is 0.951. The third-order valence-electron chi connectivity index (χ3n) is 2.38. The maximum atomic E-state index is 10.4. The SMILES string of the molecule is C[N+](C)(CCCNCC=C=O)CCC(=O)O. The summed E-state index contributed by atoms with van der Waals surface area (Å²) in [6, 6.07) is 0. The molecular weight excluding hydrogens is 208 g/mol. The Morgan fingerprint density at radius 2 is 2.12 bits per heavy atom. The molecule has 16 heavy (non-hydrogen) atoms. The fourth-order valence-corrected chi connectivity index (χ4v) is 1.36. The topological polar surface area (TPSA) is 66.4 Å². The smallest absolute Gasteiger partial charge is 0.309 e. The molecule has 0 radical (unpaired) electrons. The van der Waals surface area contributed by atoms with Crippen molar-refractivity contribution in [1.82, 2.24) is 5.32 Å². The number of carboxylic acids is 1. The maximum Gasteiger partial charge on any atom is 0.309 e. The number of hydrogen-bond donors (Lipinski definition) is 2. The number of rotatable bonds is 9. The van der Waals surface area contributed by atoms with Crippen LogP contribution in [0, 0.1) is 0 Å². The van der Waals surface area contributed by atoms with Gasteiger partial charge in [0.15, 0.2) is 0 Å². The van der Waals surface area contributed by atoms with Crippen LogP contribution in [0.15, 0.2) is 6.08 Å². The Hall–Kier alpha value is -1.16. The number of hydrogen-bond acceptors (Lipinski definition) is 3. The van der Waals surface area contributed by atoms with E-state index in [1.165, 1.54) is 6.08 Å². The van der Waals surface area contributed by atoms with E-state index in [0.717, 1.165) is 19.5 Å². The second kappa shape index (κ2) is 8.05. The highest BCUT2D eigenvalue weighted by Gasteiger charge is 2.15. The molecule has 0 heterocycles. The largest absolute Gasteiger partial charge is 0.481 e. The van der Waals surface area contributed by atoms with Crippen LogP contribution >= 0.6 is 0 Å². The number of carbonyl (C=O) groups excluding carboxylic acids is 1. The number of quaternary nitrogens is 1. The summed E-state index contributed by atoms with van der Waals surface area (Å²) in [6.07, 6.45) is 2.57. The lowest BCUT2D eigenvalue weighted by Gasteiger charge is -2.29. The van der Waals surface area contributed by atoms with Gasteiger partial charge >= 0.3 is 5.97 Å². The van der Waals surface area contributed by atoms with E-state index >= 15 is 0 Å². The van der Waals surface area contributed by atoms with Gasteiger partial charge in [0.1, 0.15) is 5.94 Å². The molecule has 0 atom stereocenters. The van der Waals surface area contributed by atoms with Gasteiger partial charge in [-0.3, -0.25) is 4.79 Å². The molecule has 0 aromatic carbocycles. The third kappa shape index (κ3) is 9.40. The first-order valence-corrected chi connectivity index (χ1v) is 5.42. The second-order valence-electron chi connectivity index (χ2n) is 4.41. The molecule has 0 saturated heterocycles. The van der Waals surface area contributed by atoms with Gasteiger partial charge in [-0.2, -0.15) is 0 Å². The zero-order valence-corrected chi connectivity index (χ0v) is 10.0. The molecule has 0 saturated carbocycles. The molecule has 0 aliphatic rings. The normalized spacial score (nSPS) is 10.9. The summed E-state index contributed by atoms with van der Waals surface area (Å²) < 4.78 is 0.706. The van der Waals surface area contributed by atoms with E-state index in [1.54, 1.807) is 5.94 Å². The summed E-state index contributed by atoms with van der Waals surface area (Å²) in [5, 5.41) is 11.7. The minimum atomic E-state index is -0.750. The molecule has 0 spiro atoms. The lowest BCUT2D eigenvalue weighted by Crippen LogP contribution is -2.42. The Labute approximate surface area is 96.3 Å². The van der Waals surface area contributed by atoms with Crippen molar-refractivity contribution < 1.29 is 19.2 Å². The van der Waals surface area contributed by atoms with Gasteiger partial charge in [-0.15, -0.1) is 0 Å². The molecule has 92 valence electrons. The van der Waals surface area contributed by atoms with Gasteiger partial charge in [0.25, 0.3) is 0 Å². The number of carbonyl (C=O) groups is 1. The van der Waals surface area contributed by atoms with E-state index in [2.05, 4.69) is 5.32 Å². The standard InChI is InChI=1S/C11H20N2O3/c1-13(2,9-5-11(15)16)8-3-6-12-7-4-10-14/h4,12H,3,5-9H2,1-2H3/p+1. The fraction of sp³-hybridized carbons (Fsp3) is 0.727. The minimum Gasteiger partial charge on any atom is -0.481 e. The fourth-order valence-electron chi connectivity index (χ4n) is 1.36. The van der Waals surface area contributed by atoms with Crippen molar-refractivity contribution in [2.75, 3.05) is 40.3 Å². The maximum absolute atomic E-state index is 10.4. The average Bonchev–Trinajstić information content (AvgIpc) is 2.21. The Balaban J connectivity index is 3.57. The van der Waals surface area contributed by atoms with Crippen LogP contribution in [0.1, 0.15) is 12.8 Å². The first-order chi connectivity index (χ1) is 7.48. The number of nitrogens with one attached hydrogen (secondary N) is 1. The summed E-state index contributed by atoms with van der Waals surface area (Å²) >= 11 is 0. The molecule has 5 nitrogen and oxygen atoms in total. The molecule has 5 heteroatoms. The molecule has 0 rings (SSSR count). The molecule has 2 N–H and O–H groups in total. The summed E-state index contributed by atoms with van der Waals surface area (Å²) in [5.41, 5.74) is 0. The second-order valence-corrected chi connectivity index (χ2v) is 4.41. The van der Waals surface area contributed by atoms with Gasteiger partial charge in [-0.1, -0.05) is 0 Å². The van der Waals surface area contributed by atoms with Crippen LogP contribution in [0.25, 0.3) is 0 Å². The van der Waals surface area contributed by atoms with Crippen LogP contribution in [0.4, 0.5) is 0 Å². The van der Waals surface area contributed by atoms with E-state index in [4.69, 9.17) is 5.11 Å². The lowest BCUT2D eigenvalue weighted by molar-refractivity contribution is -0.889. The van der Waals surface area contributed by atoms with Crippen LogP contribution in [-0.4, -0.2) is 61.8 Å². The highest BCUT2D eigenvalue weighted by atomic mass is 16.4. The van der Waals surface area contributed by atoms with Crippen LogP contribution in [0.2, 0.25) is 0 Å². The zero-order chi connectivity index (χ0) is 12.4. The Morgan fingerprint density at radius 3 is 2.69 bits per heavy atom. The van der Waals surface area contributed by atoms with Crippen LogP contribution in [0.5, 0.6) is 0 Å². The van der Waals surface area contributed by atoms with Crippen LogP contribution < -0.4 is 5.32 Å². The van der Waals surface area contributed by atoms with E-state index in [-0.39, 0.29) is 6.42 Å². The van der Waals surface area contributed by atoms with Crippen molar-refractivity contribution in [2.24, 2.45) is 0 Å². The van der Waals surface area contributed by atoms with Gasteiger partial charge in [0.05, 0.1) is 33.6 Å². The lowest BCUT2D eigenvalue weighted by atomic mass is 10.3. The molecular formula is C11H21N2O3+. The molecule has 0 aliphatic heterocycles. The van der Waals surface area contributed by atoms with Crippen molar-refractivity contribution in [3.63, 3.8) is 0 Å². The van der Waals surface area contributed by atoms with E-state index in [0.29, 0.717) is 17.6 Å². The molecule has 0 unspecified atom stereocenters. The van der Waals surface area contributed by atoms with E-state index in [1.807, 2.05) is 14.1 Å². The highest BCUT2D eigenvalue weighted by Crippen LogP contribution is 2.00. The van der Waals surface area contributed by atoms with Crippen LogP contribution in [0.3, 0.4) is 0 Å². The summed E-state index contributed by atoms with van der Waals surface area (Å²) in [7, 11) is 4.04. The molecule has 0 fully saturated rings. The molecule has 0 bridgehead atoms. The van der Waals surface area contributed by atoms with Gasteiger partial charge in [-0.25, -0.2) is 4.79 Å². The van der Waals surface area contributed by atoms with Crippen molar-refractivity contribution in [3.05, 3.63) is 6.08 Å². The van der Waals surface area contributed by atoms with Gasteiger partial charge in [0, 0.05) is 25.6 Å². The van der Waals surface area contributed by atoms with Crippen molar-refractivity contribution >= 4 is 11.9 Å². The number of carboxylic acid groups (broad SMARTS) is 1. The molecule has 0 aromatic rings. The van der Waals surface area contributed by atoms with Gasteiger partial charge in [-0.05, 0) is 0 Å². The first kappa shape index (κ1) is 14.8. The van der Waals surface area contributed by atoms with Crippen LogP contribution in [-0.2, 0) is 9.59 Å². The Morgan fingerprint density at radius 1 is 1.44 bits per heavy atom. The van der Waals surface area contributed by atoms with Crippen molar-refractivity contribution in [2.45, 2.75) is 12.8 Å². The van der Waals surface area contributed by atoms with Crippen molar-refractivity contribution in [3.8, 4) is 0 Å². The summed E-state index contributed by atoms with van der Waals surface area (Å²) in [6.45, 7) is 2.94. The average molecular weight is 229 g/mol. The zero-order valence-electron chi connectivity index (χ0n) is 10.0. The predicted molar refractivity (Wildman–Crippen MR) is 61.8 cm³/mol. The molecule has 0 aliphatic carbocycles.